The lowest BCUT2D eigenvalue weighted by Crippen LogP contribution is -2.22. The lowest BCUT2D eigenvalue weighted by atomic mass is 10.1. The van der Waals surface area contributed by atoms with Crippen LogP contribution in [0.3, 0.4) is 0 Å². The number of alkyl halides is 3. The van der Waals surface area contributed by atoms with Crippen LogP contribution in [-0.4, -0.2) is 36.8 Å². The standard InChI is InChI=1S/C17H16F3N7O/c1-10-5-11(7-22-15(10)26-14(28)6-17(18,19)20)13-3-4-21-16(25-13)24-12-8-23-27(2)9-12/h3-5,7-9H,6H2,1-2H3,(H,21,24,25)(H,22,26,28). The molecule has 1 amide bonds. The highest BCUT2D eigenvalue weighted by Gasteiger charge is 2.31. The van der Waals surface area contributed by atoms with Crippen LogP contribution in [0.4, 0.5) is 30.6 Å². The van der Waals surface area contributed by atoms with Gasteiger partial charge in [-0.3, -0.25) is 9.48 Å². The SMILES string of the molecule is Cc1cc(-c2ccnc(Nc3cnn(C)c3)n2)cnc1NC(=O)CC(F)(F)F. The minimum Gasteiger partial charge on any atom is -0.321 e. The number of aromatic nitrogens is 5. The molecule has 0 aromatic carbocycles. The van der Waals surface area contributed by atoms with Crippen molar-refractivity contribution in [3.05, 3.63) is 42.5 Å². The summed E-state index contributed by atoms with van der Waals surface area (Å²) in [6.07, 6.45) is 0.240. The van der Waals surface area contributed by atoms with Crippen LogP contribution in [0.1, 0.15) is 12.0 Å². The lowest BCUT2D eigenvalue weighted by molar-refractivity contribution is -0.150. The van der Waals surface area contributed by atoms with Crippen molar-refractivity contribution in [2.45, 2.75) is 19.5 Å². The van der Waals surface area contributed by atoms with Crippen molar-refractivity contribution in [3.63, 3.8) is 0 Å². The molecule has 3 rings (SSSR count). The fourth-order valence-electron chi connectivity index (χ4n) is 2.40. The molecule has 0 aliphatic carbocycles. The molecule has 0 fully saturated rings. The zero-order chi connectivity index (χ0) is 20.3. The summed E-state index contributed by atoms with van der Waals surface area (Å²) in [7, 11) is 1.78. The first-order valence-electron chi connectivity index (χ1n) is 8.12. The number of pyridine rings is 1. The van der Waals surface area contributed by atoms with E-state index < -0.39 is 18.5 Å². The zero-order valence-electron chi connectivity index (χ0n) is 14.9. The third-order valence-corrected chi connectivity index (χ3v) is 3.61. The first-order valence-corrected chi connectivity index (χ1v) is 8.12. The number of nitrogens with one attached hydrogen (secondary N) is 2. The van der Waals surface area contributed by atoms with Crippen LogP contribution in [-0.2, 0) is 11.8 Å². The molecule has 146 valence electrons. The maximum Gasteiger partial charge on any atom is 0.397 e. The Morgan fingerprint density at radius 2 is 2.04 bits per heavy atom. The molecule has 0 aliphatic heterocycles. The van der Waals surface area contributed by atoms with Crippen molar-refractivity contribution in [2.24, 2.45) is 7.05 Å². The summed E-state index contributed by atoms with van der Waals surface area (Å²) in [4.78, 5) is 24.0. The van der Waals surface area contributed by atoms with Crippen LogP contribution in [0.15, 0.2) is 36.9 Å². The second-order valence-corrected chi connectivity index (χ2v) is 6.02. The average Bonchev–Trinajstić information content (AvgIpc) is 3.00. The molecule has 28 heavy (non-hydrogen) atoms. The van der Waals surface area contributed by atoms with Crippen LogP contribution in [0, 0.1) is 6.92 Å². The Labute approximate surface area is 157 Å². The minimum absolute atomic E-state index is 0.0702. The summed E-state index contributed by atoms with van der Waals surface area (Å²) in [5, 5.41) is 9.23. The number of halogens is 3. The van der Waals surface area contributed by atoms with Crippen molar-refractivity contribution in [1.29, 1.82) is 0 Å². The van der Waals surface area contributed by atoms with Gasteiger partial charge in [-0.15, -0.1) is 0 Å². The maximum absolute atomic E-state index is 12.3. The molecule has 2 N–H and O–H groups in total. The predicted molar refractivity (Wildman–Crippen MR) is 95.8 cm³/mol. The van der Waals surface area contributed by atoms with Gasteiger partial charge >= 0.3 is 6.18 Å². The normalized spacial score (nSPS) is 11.3. The first-order chi connectivity index (χ1) is 13.2. The van der Waals surface area contributed by atoms with Crippen LogP contribution >= 0.6 is 0 Å². The van der Waals surface area contributed by atoms with E-state index in [2.05, 4.69) is 30.7 Å². The Bertz CT molecular complexity index is 1000. The number of carbonyl (C=O) groups excluding carboxylic acids is 1. The fraction of sp³-hybridized carbons (Fsp3) is 0.235. The first kappa shape index (κ1) is 19.3. The van der Waals surface area contributed by atoms with Crippen molar-refractivity contribution >= 4 is 23.4 Å². The van der Waals surface area contributed by atoms with E-state index in [4.69, 9.17) is 0 Å². The molecule has 3 aromatic heterocycles. The van der Waals surface area contributed by atoms with Gasteiger partial charge in [-0.2, -0.15) is 18.3 Å². The summed E-state index contributed by atoms with van der Waals surface area (Å²) < 4.78 is 38.5. The van der Waals surface area contributed by atoms with E-state index in [9.17, 15) is 18.0 Å². The summed E-state index contributed by atoms with van der Waals surface area (Å²) in [6.45, 7) is 1.63. The second kappa shape index (κ2) is 7.62. The number of hydrogen-bond donors (Lipinski definition) is 2. The second-order valence-electron chi connectivity index (χ2n) is 6.02. The molecule has 3 heterocycles. The van der Waals surface area contributed by atoms with Gasteiger partial charge in [0.15, 0.2) is 0 Å². The van der Waals surface area contributed by atoms with E-state index in [0.29, 0.717) is 22.8 Å². The fourth-order valence-corrected chi connectivity index (χ4v) is 2.40. The Kier molecular flexibility index (Phi) is 5.25. The third kappa shape index (κ3) is 5.02. The molecular weight excluding hydrogens is 375 g/mol. The van der Waals surface area contributed by atoms with Crippen molar-refractivity contribution in [2.75, 3.05) is 10.6 Å². The van der Waals surface area contributed by atoms with Gasteiger partial charge in [-0.25, -0.2) is 15.0 Å². The van der Waals surface area contributed by atoms with Gasteiger partial charge in [0.2, 0.25) is 11.9 Å². The highest BCUT2D eigenvalue weighted by Crippen LogP contribution is 2.24. The lowest BCUT2D eigenvalue weighted by Gasteiger charge is -2.11. The summed E-state index contributed by atoms with van der Waals surface area (Å²) in [6, 6.07) is 3.35. The topological polar surface area (TPSA) is 97.6 Å². The van der Waals surface area contributed by atoms with E-state index >= 15 is 0 Å². The molecule has 3 aromatic rings. The molecule has 0 unspecified atom stereocenters. The van der Waals surface area contributed by atoms with Crippen LogP contribution in [0.25, 0.3) is 11.3 Å². The van der Waals surface area contributed by atoms with Crippen molar-refractivity contribution < 1.29 is 18.0 Å². The molecule has 0 aliphatic rings. The Hall–Kier alpha value is -3.50. The molecular formula is C17H16F3N7O. The summed E-state index contributed by atoms with van der Waals surface area (Å²) in [5.41, 5.74) is 2.42. The largest absolute Gasteiger partial charge is 0.397 e. The molecule has 0 bridgehead atoms. The van der Waals surface area contributed by atoms with Crippen LogP contribution in [0.5, 0.6) is 0 Å². The van der Waals surface area contributed by atoms with E-state index in [1.807, 2.05) is 0 Å². The molecule has 0 radical (unpaired) electrons. The van der Waals surface area contributed by atoms with Gasteiger partial charge in [-0.1, -0.05) is 0 Å². The Morgan fingerprint density at radius 3 is 2.68 bits per heavy atom. The van der Waals surface area contributed by atoms with E-state index in [1.165, 1.54) is 6.20 Å². The Morgan fingerprint density at radius 1 is 1.25 bits per heavy atom. The van der Waals surface area contributed by atoms with Gasteiger partial charge in [0.1, 0.15) is 12.2 Å². The third-order valence-electron chi connectivity index (χ3n) is 3.61. The van der Waals surface area contributed by atoms with Gasteiger partial charge in [0.25, 0.3) is 0 Å². The van der Waals surface area contributed by atoms with Gasteiger partial charge in [0.05, 0.1) is 17.6 Å². The molecule has 0 saturated heterocycles. The Balaban J connectivity index is 1.76. The molecule has 0 saturated carbocycles. The monoisotopic (exact) mass is 391 g/mol. The highest BCUT2D eigenvalue weighted by atomic mass is 19.4. The summed E-state index contributed by atoms with van der Waals surface area (Å²) >= 11 is 0. The van der Waals surface area contributed by atoms with Crippen molar-refractivity contribution in [3.8, 4) is 11.3 Å². The quantitative estimate of drug-likeness (QED) is 0.693. The van der Waals surface area contributed by atoms with Gasteiger partial charge < -0.3 is 10.6 Å². The number of rotatable bonds is 5. The number of amides is 1. The van der Waals surface area contributed by atoms with Crippen molar-refractivity contribution in [1.82, 2.24) is 24.7 Å². The maximum atomic E-state index is 12.3. The number of carbonyl (C=O) groups is 1. The smallest absolute Gasteiger partial charge is 0.321 e. The minimum atomic E-state index is -4.57. The number of hydrogen-bond acceptors (Lipinski definition) is 6. The molecule has 0 spiro atoms. The van der Waals surface area contributed by atoms with Gasteiger partial charge in [0, 0.05) is 31.2 Å². The van der Waals surface area contributed by atoms with Crippen LogP contribution in [0.2, 0.25) is 0 Å². The van der Waals surface area contributed by atoms with E-state index in [1.54, 1.807) is 49.4 Å². The molecule has 0 atom stereocenters. The number of aryl methyl sites for hydroxylation is 2. The van der Waals surface area contributed by atoms with Gasteiger partial charge in [-0.05, 0) is 24.6 Å². The summed E-state index contributed by atoms with van der Waals surface area (Å²) in [5.74, 6) is -0.743. The highest BCUT2D eigenvalue weighted by molar-refractivity contribution is 5.91. The predicted octanol–water partition coefficient (Wildman–Crippen LogP) is 3.22. The molecule has 8 nitrogen and oxygen atoms in total. The zero-order valence-corrected chi connectivity index (χ0v) is 14.9. The number of nitrogens with zero attached hydrogens (tertiary/aromatic N) is 5. The molecule has 11 heteroatoms. The van der Waals surface area contributed by atoms with Crippen LogP contribution < -0.4 is 10.6 Å². The average molecular weight is 391 g/mol. The van der Waals surface area contributed by atoms with E-state index in [0.717, 1.165) is 5.69 Å². The van der Waals surface area contributed by atoms with E-state index in [-0.39, 0.29) is 5.82 Å². The number of anilines is 3.